The molecule has 0 bridgehead atoms. The van der Waals surface area contributed by atoms with Gasteiger partial charge >= 0.3 is 0 Å². The second kappa shape index (κ2) is 5.26. The topological polar surface area (TPSA) is 29.3 Å². The maximum Gasteiger partial charge on any atom is 0.0659 e. The Morgan fingerprint density at radius 1 is 1.40 bits per heavy atom. The predicted octanol–water partition coefficient (Wildman–Crippen LogP) is 3.40. The standard InChI is InChI=1S/C12H19ClN2/c1-9(2)6-7-15(3)12-5-4-10(14)8-11(12)13/h4-5,8-9H,6-7,14H2,1-3H3. The first kappa shape index (κ1) is 12.2. The Hall–Kier alpha value is -0.890. The maximum atomic E-state index is 6.12. The highest BCUT2D eigenvalue weighted by Gasteiger charge is 2.06. The lowest BCUT2D eigenvalue weighted by atomic mass is 10.1. The van der Waals surface area contributed by atoms with Gasteiger partial charge in [0.25, 0.3) is 0 Å². The van der Waals surface area contributed by atoms with Crippen LogP contribution in [0.2, 0.25) is 5.02 Å². The fourth-order valence-electron chi connectivity index (χ4n) is 1.41. The van der Waals surface area contributed by atoms with Crippen molar-refractivity contribution >= 4 is 23.0 Å². The highest BCUT2D eigenvalue weighted by Crippen LogP contribution is 2.27. The Kier molecular flexibility index (Phi) is 4.28. The lowest BCUT2D eigenvalue weighted by molar-refractivity contribution is 0.585. The second-order valence-corrected chi connectivity index (χ2v) is 4.72. The monoisotopic (exact) mass is 226 g/mol. The van der Waals surface area contributed by atoms with Crippen LogP contribution in [0, 0.1) is 5.92 Å². The number of rotatable bonds is 4. The third-order valence-corrected chi connectivity index (χ3v) is 2.73. The first-order valence-corrected chi connectivity index (χ1v) is 5.64. The fraction of sp³-hybridized carbons (Fsp3) is 0.500. The van der Waals surface area contributed by atoms with E-state index in [1.807, 2.05) is 12.1 Å². The number of anilines is 2. The number of nitrogens with zero attached hydrogens (tertiary/aromatic N) is 1. The molecule has 0 fully saturated rings. The van der Waals surface area contributed by atoms with Crippen molar-refractivity contribution in [2.45, 2.75) is 20.3 Å². The molecule has 0 spiro atoms. The highest BCUT2D eigenvalue weighted by molar-refractivity contribution is 6.33. The molecule has 0 radical (unpaired) electrons. The van der Waals surface area contributed by atoms with Crippen LogP contribution in [0.15, 0.2) is 18.2 Å². The first-order valence-electron chi connectivity index (χ1n) is 5.27. The molecule has 0 saturated heterocycles. The molecule has 2 nitrogen and oxygen atoms in total. The van der Waals surface area contributed by atoms with E-state index in [0.29, 0.717) is 11.6 Å². The summed E-state index contributed by atoms with van der Waals surface area (Å²) in [6, 6.07) is 5.65. The van der Waals surface area contributed by atoms with Crippen molar-refractivity contribution in [1.82, 2.24) is 0 Å². The minimum Gasteiger partial charge on any atom is -0.399 e. The zero-order valence-electron chi connectivity index (χ0n) is 9.63. The van der Waals surface area contributed by atoms with Crippen LogP contribution in [0.25, 0.3) is 0 Å². The van der Waals surface area contributed by atoms with E-state index in [4.69, 9.17) is 17.3 Å². The van der Waals surface area contributed by atoms with E-state index in [2.05, 4.69) is 25.8 Å². The second-order valence-electron chi connectivity index (χ2n) is 4.31. The molecule has 2 N–H and O–H groups in total. The molecule has 0 amide bonds. The van der Waals surface area contributed by atoms with E-state index < -0.39 is 0 Å². The molecule has 0 aliphatic carbocycles. The summed E-state index contributed by atoms with van der Waals surface area (Å²) in [5.74, 6) is 0.708. The Bertz CT molecular complexity index is 323. The van der Waals surface area contributed by atoms with Crippen molar-refractivity contribution in [3.8, 4) is 0 Å². The van der Waals surface area contributed by atoms with Crippen LogP contribution in [0.3, 0.4) is 0 Å². The number of nitrogens with two attached hydrogens (primary N) is 1. The SMILES string of the molecule is CC(C)CCN(C)c1ccc(N)cc1Cl. The van der Waals surface area contributed by atoms with Gasteiger partial charge in [0.05, 0.1) is 10.7 Å². The fourth-order valence-corrected chi connectivity index (χ4v) is 1.74. The Morgan fingerprint density at radius 3 is 2.60 bits per heavy atom. The van der Waals surface area contributed by atoms with E-state index in [9.17, 15) is 0 Å². The average molecular weight is 227 g/mol. The van der Waals surface area contributed by atoms with Gasteiger partial charge in [0.2, 0.25) is 0 Å². The van der Waals surface area contributed by atoms with Crippen molar-refractivity contribution in [2.75, 3.05) is 24.2 Å². The van der Waals surface area contributed by atoms with Gasteiger partial charge < -0.3 is 10.6 Å². The third-order valence-electron chi connectivity index (χ3n) is 2.42. The Labute approximate surface area is 97.0 Å². The van der Waals surface area contributed by atoms with Gasteiger partial charge in [-0.15, -0.1) is 0 Å². The van der Waals surface area contributed by atoms with Crippen LogP contribution in [0.5, 0.6) is 0 Å². The molecule has 0 aliphatic rings. The molecule has 0 aliphatic heterocycles. The molecule has 1 rings (SSSR count). The lowest BCUT2D eigenvalue weighted by Crippen LogP contribution is -2.20. The van der Waals surface area contributed by atoms with Gasteiger partial charge in [-0.05, 0) is 30.5 Å². The summed E-state index contributed by atoms with van der Waals surface area (Å²) < 4.78 is 0. The molecule has 1 aromatic carbocycles. The van der Waals surface area contributed by atoms with Crippen LogP contribution in [0.1, 0.15) is 20.3 Å². The van der Waals surface area contributed by atoms with Gasteiger partial charge in [0.15, 0.2) is 0 Å². The summed E-state index contributed by atoms with van der Waals surface area (Å²) in [6.45, 7) is 5.46. The molecule has 0 heterocycles. The van der Waals surface area contributed by atoms with E-state index in [1.54, 1.807) is 6.07 Å². The van der Waals surface area contributed by atoms with Crippen LogP contribution in [-0.4, -0.2) is 13.6 Å². The summed E-state index contributed by atoms with van der Waals surface area (Å²) in [6.07, 6.45) is 1.16. The van der Waals surface area contributed by atoms with E-state index in [-0.39, 0.29) is 0 Å². The van der Waals surface area contributed by atoms with Crippen molar-refractivity contribution in [3.05, 3.63) is 23.2 Å². The number of hydrogen-bond donors (Lipinski definition) is 1. The van der Waals surface area contributed by atoms with E-state index in [1.165, 1.54) is 0 Å². The van der Waals surface area contributed by atoms with E-state index >= 15 is 0 Å². The largest absolute Gasteiger partial charge is 0.399 e. The zero-order chi connectivity index (χ0) is 11.4. The average Bonchev–Trinajstić information content (AvgIpc) is 2.14. The molecule has 0 saturated carbocycles. The summed E-state index contributed by atoms with van der Waals surface area (Å²) in [7, 11) is 2.06. The van der Waals surface area contributed by atoms with Gasteiger partial charge in [-0.1, -0.05) is 25.4 Å². The maximum absolute atomic E-state index is 6.12. The molecule has 0 aromatic heterocycles. The lowest BCUT2D eigenvalue weighted by Gasteiger charge is -2.21. The quantitative estimate of drug-likeness (QED) is 0.798. The molecule has 0 unspecified atom stereocenters. The number of halogens is 1. The van der Waals surface area contributed by atoms with E-state index in [0.717, 1.165) is 23.7 Å². The minimum atomic E-state index is 0.708. The van der Waals surface area contributed by atoms with Gasteiger partial charge in [0, 0.05) is 19.3 Å². The third kappa shape index (κ3) is 3.63. The van der Waals surface area contributed by atoms with Crippen LogP contribution in [-0.2, 0) is 0 Å². The molecule has 1 aromatic rings. The molecule has 0 atom stereocenters. The summed E-state index contributed by atoms with van der Waals surface area (Å²) in [5.41, 5.74) is 7.40. The zero-order valence-corrected chi connectivity index (χ0v) is 10.4. The van der Waals surface area contributed by atoms with Crippen molar-refractivity contribution < 1.29 is 0 Å². The van der Waals surface area contributed by atoms with Crippen molar-refractivity contribution in [1.29, 1.82) is 0 Å². The normalized spacial score (nSPS) is 10.7. The molecule has 15 heavy (non-hydrogen) atoms. The van der Waals surface area contributed by atoms with Gasteiger partial charge in [-0.25, -0.2) is 0 Å². The number of benzene rings is 1. The van der Waals surface area contributed by atoms with Crippen LogP contribution >= 0.6 is 11.6 Å². The Balaban J connectivity index is 2.69. The first-order chi connectivity index (χ1) is 7.00. The van der Waals surface area contributed by atoms with Crippen molar-refractivity contribution in [3.63, 3.8) is 0 Å². The summed E-state index contributed by atoms with van der Waals surface area (Å²) >= 11 is 6.12. The van der Waals surface area contributed by atoms with Crippen molar-refractivity contribution in [2.24, 2.45) is 5.92 Å². The molecular weight excluding hydrogens is 208 g/mol. The smallest absolute Gasteiger partial charge is 0.0659 e. The van der Waals surface area contributed by atoms with Gasteiger partial charge in [0.1, 0.15) is 0 Å². The van der Waals surface area contributed by atoms with Crippen LogP contribution in [0.4, 0.5) is 11.4 Å². The summed E-state index contributed by atoms with van der Waals surface area (Å²) in [4.78, 5) is 2.17. The van der Waals surface area contributed by atoms with Crippen LogP contribution < -0.4 is 10.6 Å². The molecule has 84 valence electrons. The van der Waals surface area contributed by atoms with Gasteiger partial charge in [-0.3, -0.25) is 0 Å². The van der Waals surface area contributed by atoms with Gasteiger partial charge in [-0.2, -0.15) is 0 Å². The predicted molar refractivity (Wildman–Crippen MR) is 68.6 cm³/mol. The summed E-state index contributed by atoms with van der Waals surface area (Å²) in [5, 5.41) is 0.723. The number of hydrogen-bond acceptors (Lipinski definition) is 2. The minimum absolute atomic E-state index is 0.708. The number of nitrogen functional groups attached to an aromatic ring is 1. The highest BCUT2D eigenvalue weighted by atomic mass is 35.5. The Morgan fingerprint density at radius 2 is 2.07 bits per heavy atom. The molecule has 3 heteroatoms. The molecular formula is C12H19ClN2.